The highest BCUT2D eigenvalue weighted by atomic mass is 16.6. The SMILES string of the molecule is CCOc1ccc([N+](=O)[O-])c(C(=O)NC(C)c2ccc(OCC(=O)O)cc2)c1. The number of ether oxygens (including phenoxy) is 2. The highest BCUT2D eigenvalue weighted by Crippen LogP contribution is 2.25. The van der Waals surface area contributed by atoms with Crippen LogP contribution in [0.25, 0.3) is 0 Å². The summed E-state index contributed by atoms with van der Waals surface area (Å²) >= 11 is 0. The normalized spacial score (nSPS) is 11.4. The van der Waals surface area contributed by atoms with Gasteiger partial charge in [0.1, 0.15) is 17.1 Å². The molecule has 2 rings (SSSR count). The van der Waals surface area contributed by atoms with Crippen LogP contribution in [0.5, 0.6) is 11.5 Å². The van der Waals surface area contributed by atoms with E-state index in [0.717, 1.165) is 5.56 Å². The maximum Gasteiger partial charge on any atom is 0.341 e. The first kappa shape index (κ1) is 20.7. The van der Waals surface area contributed by atoms with Gasteiger partial charge in [0, 0.05) is 6.07 Å². The number of carboxylic acid groups (broad SMARTS) is 1. The zero-order valence-corrected chi connectivity index (χ0v) is 15.4. The molecule has 2 aromatic carbocycles. The van der Waals surface area contributed by atoms with Crippen LogP contribution in [0, 0.1) is 10.1 Å². The molecule has 0 fully saturated rings. The fraction of sp³-hybridized carbons (Fsp3) is 0.263. The fourth-order valence-corrected chi connectivity index (χ4v) is 2.47. The molecule has 2 aromatic rings. The van der Waals surface area contributed by atoms with E-state index in [1.807, 2.05) is 0 Å². The van der Waals surface area contributed by atoms with Crippen LogP contribution in [0.15, 0.2) is 42.5 Å². The molecule has 9 heteroatoms. The molecular formula is C19H20N2O7. The molecule has 28 heavy (non-hydrogen) atoms. The summed E-state index contributed by atoms with van der Waals surface area (Å²) in [5.74, 6) is -0.942. The van der Waals surface area contributed by atoms with E-state index in [0.29, 0.717) is 18.1 Å². The minimum absolute atomic E-state index is 0.0933. The second kappa shape index (κ2) is 9.36. The summed E-state index contributed by atoms with van der Waals surface area (Å²) < 4.78 is 10.4. The van der Waals surface area contributed by atoms with Gasteiger partial charge in [0.25, 0.3) is 11.6 Å². The number of benzene rings is 2. The topological polar surface area (TPSA) is 128 Å². The number of nitro benzene ring substituents is 1. The van der Waals surface area contributed by atoms with Crippen molar-refractivity contribution in [1.82, 2.24) is 5.32 Å². The molecule has 9 nitrogen and oxygen atoms in total. The van der Waals surface area contributed by atoms with E-state index in [2.05, 4.69) is 5.32 Å². The third-order valence-corrected chi connectivity index (χ3v) is 3.81. The van der Waals surface area contributed by atoms with Crippen molar-refractivity contribution in [3.63, 3.8) is 0 Å². The van der Waals surface area contributed by atoms with Crippen molar-refractivity contribution in [1.29, 1.82) is 0 Å². The van der Waals surface area contributed by atoms with Gasteiger partial charge >= 0.3 is 5.97 Å². The Labute approximate surface area is 161 Å². The first-order valence-corrected chi connectivity index (χ1v) is 8.48. The number of carbonyl (C=O) groups is 2. The number of hydrogen-bond acceptors (Lipinski definition) is 6. The Bertz CT molecular complexity index is 865. The largest absolute Gasteiger partial charge is 0.494 e. The summed E-state index contributed by atoms with van der Waals surface area (Å²) in [6.07, 6.45) is 0. The molecule has 0 radical (unpaired) electrons. The molecule has 0 aromatic heterocycles. The monoisotopic (exact) mass is 388 g/mol. The van der Waals surface area contributed by atoms with E-state index in [-0.39, 0.29) is 11.3 Å². The second-order valence-corrected chi connectivity index (χ2v) is 5.82. The Hall–Kier alpha value is -3.62. The number of aliphatic carboxylic acids is 1. The molecule has 0 aliphatic heterocycles. The van der Waals surface area contributed by atoms with Gasteiger partial charge in [-0.05, 0) is 43.7 Å². The quantitative estimate of drug-likeness (QED) is 0.499. The zero-order valence-electron chi connectivity index (χ0n) is 15.4. The molecule has 0 spiro atoms. The van der Waals surface area contributed by atoms with E-state index in [4.69, 9.17) is 14.6 Å². The van der Waals surface area contributed by atoms with Crippen LogP contribution in [0.4, 0.5) is 5.69 Å². The summed E-state index contributed by atoms with van der Waals surface area (Å²) in [6.45, 7) is 3.41. The number of carbonyl (C=O) groups excluding carboxylic acids is 1. The van der Waals surface area contributed by atoms with E-state index in [1.165, 1.54) is 18.2 Å². The summed E-state index contributed by atoms with van der Waals surface area (Å²) in [4.78, 5) is 33.7. The van der Waals surface area contributed by atoms with E-state index in [9.17, 15) is 19.7 Å². The zero-order chi connectivity index (χ0) is 20.7. The van der Waals surface area contributed by atoms with Crippen molar-refractivity contribution in [2.24, 2.45) is 0 Å². The van der Waals surface area contributed by atoms with Gasteiger partial charge in [-0.3, -0.25) is 14.9 Å². The third kappa shape index (κ3) is 5.44. The number of nitro groups is 1. The van der Waals surface area contributed by atoms with Gasteiger partial charge in [0.05, 0.1) is 17.6 Å². The molecular weight excluding hydrogens is 368 g/mol. The smallest absolute Gasteiger partial charge is 0.341 e. The van der Waals surface area contributed by atoms with Crippen molar-refractivity contribution in [3.8, 4) is 11.5 Å². The predicted octanol–water partition coefficient (Wildman–Crippen LogP) is 2.95. The van der Waals surface area contributed by atoms with Crippen LogP contribution in [0.3, 0.4) is 0 Å². The predicted molar refractivity (Wildman–Crippen MR) is 99.7 cm³/mol. The Kier molecular flexibility index (Phi) is 6.91. The maximum atomic E-state index is 12.6. The number of amides is 1. The van der Waals surface area contributed by atoms with E-state index in [1.54, 1.807) is 38.1 Å². The van der Waals surface area contributed by atoms with Crippen molar-refractivity contribution >= 4 is 17.6 Å². The molecule has 1 amide bonds. The van der Waals surface area contributed by atoms with Crippen LogP contribution < -0.4 is 14.8 Å². The lowest BCUT2D eigenvalue weighted by molar-refractivity contribution is -0.385. The van der Waals surface area contributed by atoms with Gasteiger partial charge in [-0.1, -0.05) is 12.1 Å². The molecule has 1 atom stereocenters. The van der Waals surface area contributed by atoms with Crippen molar-refractivity contribution in [2.75, 3.05) is 13.2 Å². The average Bonchev–Trinajstić information content (AvgIpc) is 2.66. The van der Waals surface area contributed by atoms with Gasteiger partial charge in [-0.15, -0.1) is 0 Å². The number of hydrogen-bond donors (Lipinski definition) is 2. The Balaban J connectivity index is 2.14. The maximum absolute atomic E-state index is 12.6. The molecule has 0 bridgehead atoms. The summed E-state index contributed by atoms with van der Waals surface area (Å²) in [7, 11) is 0. The minimum Gasteiger partial charge on any atom is -0.494 e. The lowest BCUT2D eigenvalue weighted by Crippen LogP contribution is -2.27. The number of nitrogens with zero attached hydrogens (tertiary/aromatic N) is 1. The summed E-state index contributed by atoms with van der Waals surface area (Å²) in [5.41, 5.74) is 0.314. The molecule has 1 unspecified atom stereocenters. The number of nitrogens with one attached hydrogen (secondary N) is 1. The fourth-order valence-electron chi connectivity index (χ4n) is 2.47. The van der Waals surface area contributed by atoms with Crippen LogP contribution in [0.1, 0.15) is 35.8 Å². The van der Waals surface area contributed by atoms with Gasteiger partial charge in [0.2, 0.25) is 0 Å². The van der Waals surface area contributed by atoms with Gasteiger partial charge in [-0.25, -0.2) is 4.79 Å². The number of rotatable bonds is 9. The van der Waals surface area contributed by atoms with E-state index >= 15 is 0 Å². The van der Waals surface area contributed by atoms with Crippen LogP contribution >= 0.6 is 0 Å². The van der Waals surface area contributed by atoms with E-state index < -0.39 is 29.4 Å². The van der Waals surface area contributed by atoms with Gasteiger partial charge < -0.3 is 19.9 Å². The Morgan fingerprint density at radius 3 is 2.36 bits per heavy atom. The second-order valence-electron chi connectivity index (χ2n) is 5.82. The average molecular weight is 388 g/mol. The van der Waals surface area contributed by atoms with Crippen molar-refractivity contribution < 1.29 is 29.1 Å². The molecule has 2 N–H and O–H groups in total. The Morgan fingerprint density at radius 2 is 1.79 bits per heavy atom. The van der Waals surface area contributed by atoms with Crippen molar-refractivity contribution in [3.05, 3.63) is 63.7 Å². The lowest BCUT2D eigenvalue weighted by Gasteiger charge is -2.15. The highest BCUT2D eigenvalue weighted by Gasteiger charge is 2.22. The molecule has 148 valence electrons. The first-order valence-electron chi connectivity index (χ1n) is 8.48. The molecule has 0 saturated carbocycles. The Morgan fingerprint density at radius 1 is 1.14 bits per heavy atom. The molecule has 0 heterocycles. The van der Waals surface area contributed by atoms with Gasteiger partial charge in [-0.2, -0.15) is 0 Å². The molecule has 0 aliphatic carbocycles. The van der Waals surface area contributed by atoms with Crippen LogP contribution in [0.2, 0.25) is 0 Å². The van der Waals surface area contributed by atoms with Gasteiger partial charge in [0.15, 0.2) is 6.61 Å². The van der Waals surface area contributed by atoms with Crippen LogP contribution in [-0.4, -0.2) is 35.1 Å². The van der Waals surface area contributed by atoms with Crippen LogP contribution in [-0.2, 0) is 4.79 Å². The lowest BCUT2D eigenvalue weighted by atomic mass is 10.1. The summed E-state index contributed by atoms with van der Waals surface area (Å²) in [6, 6.07) is 10.1. The highest BCUT2D eigenvalue weighted by molar-refractivity contribution is 5.98. The minimum atomic E-state index is -1.08. The third-order valence-electron chi connectivity index (χ3n) is 3.81. The molecule has 0 saturated heterocycles. The summed E-state index contributed by atoms with van der Waals surface area (Å²) in [5, 5.41) is 22.6. The standard InChI is InChI=1S/C19H20N2O7/c1-3-27-15-8-9-17(21(25)26)16(10-15)19(24)20-12(2)13-4-6-14(7-5-13)28-11-18(22)23/h4-10,12H,3,11H2,1-2H3,(H,20,24)(H,22,23). The van der Waals surface area contributed by atoms with Crippen molar-refractivity contribution in [2.45, 2.75) is 19.9 Å². The molecule has 0 aliphatic rings. The first-order chi connectivity index (χ1) is 13.3. The number of carboxylic acids is 1.